The summed E-state index contributed by atoms with van der Waals surface area (Å²) in [6.07, 6.45) is 0. The molecule has 1 aliphatic heterocycles. The number of nitrogens with one attached hydrogen (secondary N) is 1. The van der Waals surface area contributed by atoms with Gasteiger partial charge in [0.15, 0.2) is 10.4 Å². The second kappa shape index (κ2) is 7.40. The Balaban J connectivity index is 1.74. The van der Waals surface area contributed by atoms with Gasteiger partial charge in [-0.15, -0.1) is 0 Å². The highest BCUT2D eigenvalue weighted by molar-refractivity contribution is 8.16. The largest absolute Gasteiger partial charge is 0.497 e. The van der Waals surface area contributed by atoms with Crippen LogP contribution in [0.2, 0.25) is 0 Å². The zero-order valence-electron chi connectivity index (χ0n) is 13.8. The molecule has 1 N–H and O–H groups in total. The fraction of sp³-hybridized carbons (Fsp3) is 0.167. The summed E-state index contributed by atoms with van der Waals surface area (Å²) in [6, 6.07) is 16.2. The van der Waals surface area contributed by atoms with Crippen LogP contribution in [0, 0.1) is 0 Å². The highest BCUT2D eigenvalue weighted by Crippen LogP contribution is 2.30. The summed E-state index contributed by atoms with van der Waals surface area (Å²) < 4.78 is 5.11. The van der Waals surface area contributed by atoms with Crippen molar-refractivity contribution in [2.75, 3.05) is 19.5 Å². The number of amides is 2. The van der Waals surface area contributed by atoms with E-state index in [0.717, 1.165) is 17.5 Å². The minimum Gasteiger partial charge on any atom is -0.497 e. The standard InChI is InChI=1S/C18H17N3O3S/c1-21-17(23)15(16(22)19-12-6-4-3-5-7-12)25-18(21)20-13-8-10-14(24-2)11-9-13/h3-11,15H,1-2H3,(H,19,22)/t15-/m0/s1. The lowest BCUT2D eigenvalue weighted by atomic mass is 10.3. The zero-order valence-corrected chi connectivity index (χ0v) is 14.6. The van der Waals surface area contributed by atoms with Crippen molar-refractivity contribution in [1.29, 1.82) is 0 Å². The molecule has 2 aromatic rings. The first-order chi connectivity index (χ1) is 12.1. The van der Waals surface area contributed by atoms with E-state index in [4.69, 9.17) is 4.74 Å². The number of anilines is 1. The first-order valence-electron chi connectivity index (χ1n) is 7.61. The van der Waals surface area contributed by atoms with Crippen LogP contribution in [0.1, 0.15) is 0 Å². The predicted molar refractivity (Wildman–Crippen MR) is 99.3 cm³/mol. The number of benzene rings is 2. The number of amidine groups is 1. The molecular formula is C18H17N3O3S. The van der Waals surface area contributed by atoms with Crippen LogP contribution in [0.3, 0.4) is 0 Å². The average Bonchev–Trinajstić information content (AvgIpc) is 2.92. The molecule has 2 amide bonds. The Labute approximate surface area is 149 Å². The van der Waals surface area contributed by atoms with Crippen LogP contribution in [-0.4, -0.2) is 41.3 Å². The van der Waals surface area contributed by atoms with Crippen LogP contribution in [0.25, 0.3) is 0 Å². The molecule has 0 aliphatic carbocycles. The van der Waals surface area contributed by atoms with Crippen molar-refractivity contribution in [3.05, 3.63) is 54.6 Å². The first-order valence-corrected chi connectivity index (χ1v) is 8.49. The van der Waals surface area contributed by atoms with Crippen LogP contribution < -0.4 is 10.1 Å². The molecule has 0 saturated carbocycles. The molecule has 1 heterocycles. The number of hydrogen-bond donors (Lipinski definition) is 1. The smallest absolute Gasteiger partial charge is 0.251 e. The van der Waals surface area contributed by atoms with Crippen molar-refractivity contribution in [2.24, 2.45) is 4.99 Å². The first kappa shape index (κ1) is 17.0. The molecule has 7 heteroatoms. The van der Waals surface area contributed by atoms with Gasteiger partial charge in [-0.1, -0.05) is 30.0 Å². The monoisotopic (exact) mass is 355 g/mol. The van der Waals surface area contributed by atoms with Crippen LogP contribution in [0.4, 0.5) is 11.4 Å². The third-order valence-corrected chi connectivity index (χ3v) is 4.87. The highest BCUT2D eigenvalue weighted by atomic mass is 32.2. The Morgan fingerprint density at radius 2 is 1.84 bits per heavy atom. The summed E-state index contributed by atoms with van der Waals surface area (Å²) in [7, 11) is 3.21. The van der Waals surface area contributed by atoms with E-state index in [0.29, 0.717) is 16.5 Å². The van der Waals surface area contributed by atoms with Crippen molar-refractivity contribution in [2.45, 2.75) is 5.25 Å². The third-order valence-electron chi connectivity index (χ3n) is 3.64. The Kier molecular flexibility index (Phi) is 5.04. The molecular weight excluding hydrogens is 338 g/mol. The number of ether oxygens (including phenoxy) is 1. The van der Waals surface area contributed by atoms with Crippen molar-refractivity contribution in [3.8, 4) is 5.75 Å². The lowest BCUT2D eigenvalue weighted by Gasteiger charge is -2.09. The molecule has 0 bridgehead atoms. The van der Waals surface area contributed by atoms with Gasteiger partial charge in [0.1, 0.15) is 5.75 Å². The van der Waals surface area contributed by atoms with Crippen LogP contribution in [-0.2, 0) is 9.59 Å². The molecule has 0 radical (unpaired) electrons. The maximum atomic E-state index is 12.4. The number of aliphatic imine (C=N–C) groups is 1. The van der Waals surface area contributed by atoms with E-state index >= 15 is 0 Å². The van der Waals surface area contributed by atoms with E-state index in [1.807, 2.05) is 18.2 Å². The second-order valence-corrected chi connectivity index (χ2v) is 6.42. The van der Waals surface area contributed by atoms with Crippen molar-refractivity contribution >= 4 is 40.1 Å². The summed E-state index contributed by atoms with van der Waals surface area (Å²) in [5, 5.41) is 2.40. The Bertz CT molecular complexity index is 806. The molecule has 25 heavy (non-hydrogen) atoms. The highest BCUT2D eigenvalue weighted by Gasteiger charge is 2.40. The zero-order chi connectivity index (χ0) is 17.8. The molecule has 0 spiro atoms. The fourth-order valence-electron chi connectivity index (χ4n) is 2.27. The Hall–Kier alpha value is -2.80. The number of carbonyl (C=O) groups is 2. The van der Waals surface area contributed by atoms with E-state index in [2.05, 4.69) is 10.3 Å². The van der Waals surface area contributed by atoms with Crippen LogP contribution >= 0.6 is 11.8 Å². The molecule has 6 nitrogen and oxygen atoms in total. The van der Waals surface area contributed by atoms with E-state index in [9.17, 15) is 9.59 Å². The normalized spacial score (nSPS) is 18.5. The van der Waals surface area contributed by atoms with Crippen LogP contribution in [0.15, 0.2) is 59.6 Å². The average molecular weight is 355 g/mol. The van der Waals surface area contributed by atoms with Gasteiger partial charge in [0.2, 0.25) is 5.91 Å². The van der Waals surface area contributed by atoms with E-state index in [-0.39, 0.29) is 11.8 Å². The lowest BCUT2D eigenvalue weighted by Crippen LogP contribution is -2.35. The Morgan fingerprint density at radius 1 is 1.16 bits per heavy atom. The number of para-hydroxylation sites is 1. The van der Waals surface area contributed by atoms with Crippen molar-refractivity contribution < 1.29 is 14.3 Å². The van der Waals surface area contributed by atoms with Gasteiger partial charge in [-0.25, -0.2) is 4.99 Å². The van der Waals surface area contributed by atoms with E-state index < -0.39 is 5.25 Å². The maximum absolute atomic E-state index is 12.4. The summed E-state index contributed by atoms with van der Waals surface area (Å²) >= 11 is 1.14. The minimum atomic E-state index is -0.845. The molecule has 1 aliphatic rings. The van der Waals surface area contributed by atoms with Gasteiger partial charge in [0.05, 0.1) is 12.8 Å². The number of hydrogen-bond acceptors (Lipinski definition) is 5. The fourth-order valence-corrected chi connectivity index (χ4v) is 3.31. The predicted octanol–water partition coefficient (Wildman–Crippen LogP) is 2.90. The van der Waals surface area contributed by atoms with Crippen molar-refractivity contribution in [1.82, 2.24) is 4.90 Å². The summed E-state index contributed by atoms with van der Waals surface area (Å²) in [5.41, 5.74) is 1.34. The number of methoxy groups -OCH3 is 1. The minimum absolute atomic E-state index is 0.286. The van der Waals surface area contributed by atoms with E-state index in [1.165, 1.54) is 4.90 Å². The van der Waals surface area contributed by atoms with E-state index in [1.54, 1.807) is 50.6 Å². The third kappa shape index (κ3) is 3.83. The van der Waals surface area contributed by atoms with Crippen LogP contribution in [0.5, 0.6) is 5.75 Å². The molecule has 1 atom stereocenters. The molecule has 1 fully saturated rings. The lowest BCUT2D eigenvalue weighted by molar-refractivity contribution is -0.129. The number of thioether (sulfide) groups is 1. The number of rotatable bonds is 4. The SMILES string of the molecule is COc1ccc(N=C2S[C@@H](C(=O)Nc3ccccc3)C(=O)N2C)cc1. The van der Waals surface area contributed by atoms with Gasteiger partial charge < -0.3 is 10.1 Å². The molecule has 0 unspecified atom stereocenters. The quantitative estimate of drug-likeness (QED) is 0.856. The summed E-state index contributed by atoms with van der Waals surface area (Å²) in [6.45, 7) is 0. The molecule has 128 valence electrons. The summed E-state index contributed by atoms with van der Waals surface area (Å²) in [4.78, 5) is 30.6. The maximum Gasteiger partial charge on any atom is 0.251 e. The molecule has 1 saturated heterocycles. The number of carbonyl (C=O) groups excluding carboxylic acids is 2. The Morgan fingerprint density at radius 3 is 2.48 bits per heavy atom. The van der Waals surface area contributed by atoms with Gasteiger partial charge >= 0.3 is 0 Å². The van der Waals surface area contributed by atoms with Gasteiger partial charge in [0.25, 0.3) is 5.91 Å². The second-order valence-electron chi connectivity index (χ2n) is 5.34. The summed E-state index contributed by atoms with van der Waals surface area (Å²) in [5.74, 6) is 0.0891. The number of nitrogens with zero attached hydrogens (tertiary/aromatic N) is 2. The van der Waals surface area contributed by atoms with Gasteiger partial charge in [-0.3, -0.25) is 14.5 Å². The molecule has 0 aromatic heterocycles. The van der Waals surface area contributed by atoms with Crippen molar-refractivity contribution in [3.63, 3.8) is 0 Å². The topological polar surface area (TPSA) is 71.0 Å². The van der Waals surface area contributed by atoms with Gasteiger partial charge in [-0.2, -0.15) is 0 Å². The van der Waals surface area contributed by atoms with Gasteiger partial charge in [-0.05, 0) is 36.4 Å². The molecule has 3 rings (SSSR count). The van der Waals surface area contributed by atoms with Gasteiger partial charge in [0, 0.05) is 12.7 Å². The molecule has 2 aromatic carbocycles.